The summed E-state index contributed by atoms with van der Waals surface area (Å²) in [6.07, 6.45) is -3.03. The minimum atomic E-state index is -4.23. The van der Waals surface area contributed by atoms with Gasteiger partial charge in [-0.05, 0) is 13.0 Å². The third kappa shape index (κ3) is 2.45. The molecule has 1 aromatic rings. The minimum absolute atomic E-state index is 0.227. The Hall–Kier alpha value is -1.28. The SMILES string of the molecule is COc1nc(C)cc(S(N)(=O)=O)c1C(F)F. The Morgan fingerprint density at radius 3 is 2.44 bits per heavy atom. The molecule has 16 heavy (non-hydrogen) atoms. The van der Waals surface area contributed by atoms with Crippen molar-refractivity contribution in [2.45, 2.75) is 18.2 Å². The zero-order chi connectivity index (χ0) is 12.5. The smallest absolute Gasteiger partial charge is 0.270 e. The van der Waals surface area contributed by atoms with E-state index in [1.165, 1.54) is 6.92 Å². The number of nitrogens with two attached hydrogens (primary N) is 1. The lowest BCUT2D eigenvalue weighted by Gasteiger charge is -2.11. The second-order valence-corrected chi connectivity index (χ2v) is 4.56. The van der Waals surface area contributed by atoms with Crippen molar-refractivity contribution in [3.05, 3.63) is 17.3 Å². The van der Waals surface area contributed by atoms with Crippen molar-refractivity contribution in [2.75, 3.05) is 7.11 Å². The lowest BCUT2D eigenvalue weighted by Crippen LogP contribution is -2.16. The number of alkyl halides is 2. The average molecular weight is 252 g/mol. The fourth-order valence-corrected chi connectivity index (χ4v) is 2.04. The Balaban J connectivity index is 3.64. The highest BCUT2D eigenvalue weighted by molar-refractivity contribution is 7.89. The van der Waals surface area contributed by atoms with Gasteiger partial charge < -0.3 is 4.74 Å². The maximum absolute atomic E-state index is 12.7. The highest BCUT2D eigenvalue weighted by Gasteiger charge is 2.26. The minimum Gasteiger partial charge on any atom is -0.481 e. The molecule has 0 aliphatic rings. The predicted octanol–water partition coefficient (Wildman–Crippen LogP) is 0.984. The lowest BCUT2D eigenvalue weighted by atomic mass is 10.2. The molecule has 0 aromatic carbocycles. The Bertz CT molecular complexity index is 502. The summed E-state index contributed by atoms with van der Waals surface area (Å²) in [6, 6.07) is 0.985. The van der Waals surface area contributed by atoms with E-state index in [2.05, 4.69) is 9.72 Å². The summed E-state index contributed by atoms with van der Waals surface area (Å²) in [6.45, 7) is 1.45. The van der Waals surface area contributed by atoms with Crippen LogP contribution < -0.4 is 9.88 Å². The molecule has 0 aliphatic heterocycles. The summed E-state index contributed by atoms with van der Waals surface area (Å²) in [4.78, 5) is 3.00. The van der Waals surface area contributed by atoms with Crippen LogP contribution in [0.5, 0.6) is 5.88 Å². The molecule has 0 saturated carbocycles. The molecule has 8 heteroatoms. The quantitative estimate of drug-likeness (QED) is 0.869. The van der Waals surface area contributed by atoms with Gasteiger partial charge in [-0.1, -0.05) is 0 Å². The molecule has 0 fully saturated rings. The molecule has 5 nitrogen and oxygen atoms in total. The van der Waals surface area contributed by atoms with Gasteiger partial charge in [-0.2, -0.15) is 0 Å². The number of rotatable bonds is 3. The van der Waals surface area contributed by atoms with Crippen LogP contribution in [0.25, 0.3) is 0 Å². The van der Waals surface area contributed by atoms with E-state index in [-0.39, 0.29) is 5.69 Å². The molecule has 0 bridgehead atoms. The lowest BCUT2D eigenvalue weighted by molar-refractivity contribution is 0.142. The number of methoxy groups -OCH3 is 1. The zero-order valence-electron chi connectivity index (χ0n) is 8.57. The third-order valence-electron chi connectivity index (χ3n) is 1.83. The molecule has 2 N–H and O–H groups in total. The van der Waals surface area contributed by atoms with Crippen molar-refractivity contribution < 1.29 is 21.9 Å². The van der Waals surface area contributed by atoms with Crippen LogP contribution in [-0.4, -0.2) is 20.5 Å². The number of aromatic nitrogens is 1. The van der Waals surface area contributed by atoms with Gasteiger partial charge in [0.2, 0.25) is 15.9 Å². The van der Waals surface area contributed by atoms with Crippen molar-refractivity contribution in [1.29, 1.82) is 0 Å². The van der Waals surface area contributed by atoms with Gasteiger partial charge in [0, 0.05) is 5.69 Å². The van der Waals surface area contributed by atoms with Crippen molar-refractivity contribution in [1.82, 2.24) is 4.98 Å². The Kier molecular flexibility index (Phi) is 3.44. The van der Waals surface area contributed by atoms with Crippen molar-refractivity contribution >= 4 is 10.0 Å². The highest BCUT2D eigenvalue weighted by Crippen LogP contribution is 2.33. The van der Waals surface area contributed by atoms with Gasteiger partial charge in [0.15, 0.2) is 0 Å². The second kappa shape index (κ2) is 4.30. The first-order valence-electron chi connectivity index (χ1n) is 4.14. The first-order valence-corrected chi connectivity index (χ1v) is 5.68. The highest BCUT2D eigenvalue weighted by atomic mass is 32.2. The Morgan fingerprint density at radius 1 is 1.50 bits per heavy atom. The van der Waals surface area contributed by atoms with Crippen LogP contribution in [0.3, 0.4) is 0 Å². The molecule has 1 heterocycles. The topological polar surface area (TPSA) is 82.3 Å². The Labute approximate surface area is 91.3 Å². The van der Waals surface area contributed by atoms with Crippen LogP contribution in [0.2, 0.25) is 0 Å². The third-order valence-corrected chi connectivity index (χ3v) is 2.78. The zero-order valence-corrected chi connectivity index (χ0v) is 9.38. The summed E-state index contributed by atoms with van der Waals surface area (Å²) < 4.78 is 52.3. The van der Waals surface area contributed by atoms with Gasteiger partial charge in [-0.25, -0.2) is 27.3 Å². The normalized spacial score (nSPS) is 11.9. The molecule has 0 aliphatic carbocycles. The van der Waals surface area contributed by atoms with Gasteiger partial charge in [0.1, 0.15) is 0 Å². The maximum Gasteiger partial charge on any atom is 0.270 e. The fraction of sp³-hybridized carbons (Fsp3) is 0.375. The number of sulfonamides is 1. The van der Waals surface area contributed by atoms with E-state index in [9.17, 15) is 17.2 Å². The first kappa shape index (κ1) is 12.8. The number of ether oxygens (including phenoxy) is 1. The van der Waals surface area contributed by atoms with E-state index in [0.717, 1.165) is 13.2 Å². The van der Waals surface area contributed by atoms with E-state index in [1.54, 1.807) is 0 Å². The number of primary sulfonamides is 1. The van der Waals surface area contributed by atoms with Crippen LogP contribution in [0.1, 0.15) is 17.7 Å². The molecule has 1 rings (SSSR count). The van der Waals surface area contributed by atoms with E-state index in [0.29, 0.717) is 0 Å². The molecule has 0 spiro atoms. The molecule has 1 aromatic heterocycles. The van der Waals surface area contributed by atoms with Gasteiger partial charge in [-0.3, -0.25) is 0 Å². The molecule has 0 saturated heterocycles. The summed E-state index contributed by atoms with van der Waals surface area (Å²) in [7, 11) is -3.11. The van der Waals surface area contributed by atoms with Crippen molar-refractivity contribution in [3.8, 4) is 5.88 Å². The summed E-state index contributed by atoms with van der Waals surface area (Å²) >= 11 is 0. The average Bonchev–Trinajstić information content (AvgIpc) is 2.14. The van der Waals surface area contributed by atoms with Crippen molar-refractivity contribution in [3.63, 3.8) is 0 Å². The van der Waals surface area contributed by atoms with Crippen LogP contribution >= 0.6 is 0 Å². The van der Waals surface area contributed by atoms with Gasteiger partial charge in [-0.15, -0.1) is 0 Å². The van der Waals surface area contributed by atoms with Crippen LogP contribution in [0, 0.1) is 6.92 Å². The molecule has 0 atom stereocenters. The molecular formula is C8H10F2N2O3S. The number of hydrogen-bond donors (Lipinski definition) is 1. The summed E-state index contributed by atoms with van der Waals surface area (Å²) in [5.74, 6) is -0.431. The van der Waals surface area contributed by atoms with E-state index < -0.39 is 32.8 Å². The largest absolute Gasteiger partial charge is 0.481 e. The summed E-state index contributed by atoms with van der Waals surface area (Å²) in [5, 5.41) is 4.84. The fourth-order valence-electron chi connectivity index (χ4n) is 1.22. The van der Waals surface area contributed by atoms with Crippen molar-refractivity contribution in [2.24, 2.45) is 5.14 Å². The molecule has 0 amide bonds. The Morgan fingerprint density at radius 2 is 2.06 bits per heavy atom. The summed E-state index contributed by atoms with van der Waals surface area (Å²) in [5.41, 5.74) is -0.583. The standard InChI is InChI=1S/C8H10F2N2O3S/c1-4-3-5(16(11,13)14)6(7(9)10)8(12-4)15-2/h3,7H,1-2H3,(H2,11,13,14). The predicted molar refractivity (Wildman–Crippen MR) is 51.9 cm³/mol. The molecule has 0 radical (unpaired) electrons. The molecule has 90 valence electrons. The van der Waals surface area contributed by atoms with Gasteiger partial charge >= 0.3 is 0 Å². The van der Waals surface area contributed by atoms with Gasteiger partial charge in [0.05, 0.1) is 17.6 Å². The monoisotopic (exact) mass is 252 g/mol. The van der Waals surface area contributed by atoms with E-state index >= 15 is 0 Å². The number of pyridine rings is 1. The number of nitrogens with zero attached hydrogens (tertiary/aromatic N) is 1. The number of hydrogen-bond acceptors (Lipinski definition) is 4. The van der Waals surface area contributed by atoms with Crippen LogP contribution in [0.15, 0.2) is 11.0 Å². The van der Waals surface area contributed by atoms with Gasteiger partial charge in [0.25, 0.3) is 6.43 Å². The molecule has 0 unspecified atom stereocenters. The van der Waals surface area contributed by atoms with E-state index in [1.807, 2.05) is 0 Å². The first-order chi connectivity index (χ1) is 7.27. The van der Waals surface area contributed by atoms with E-state index in [4.69, 9.17) is 5.14 Å². The second-order valence-electron chi connectivity index (χ2n) is 3.03. The van der Waals surface area contributed by atoms with Crippen LogP contribution in [-0.2, 0) is 10.0 Å². The number of aryl methyl sites for hydroxylation is 1. The maximum atomic E-state index is 12.7. The number of halogens is 2. The molecular weight excluding hydrogens is 242 g/mol. The van der Waals surface area contributed by atoms with Crippen LogP contribution in [0.4, 0.5) is 8.78 Å².